The van der Waals surface area contributed by atoms with Crippen molar-refractivity contribution in [1.82, 2.24) is 16.0 Å². The van der Waals surface area contributed by atoms with Gasteiger partial charge in [-0.15, -0.1) is 0 Å². The Balaban J connectivity index is 1.01. The molecule has 3 aromatic carbocycles. The maximum atomic E-state index is 15.5. The lowest BCUT2D eigenvalue weighted by molar-refractivity contribution is -0.171. The predicted octanol–water partition coefficient (Wildman–Crippen LogP) is 7.92. The molecule has 11 atom stereocenters. The van der Waals surface area contributed by atoms with Crippen LogP contribution in [-0.2, 0) is 34.6 Å². The van der Waals surface area contributed by atoms with Crippen molar-refractivity contribution in [3.05, 3.63) is 168 Å². The molecule has 4 aliphatic carbocycles. The average molecular weight is 1090 g/mol. The smallest absolute Gasteiger partial charge is 0.337 e. The van der Waals surface area contributed by atoms with E-state index in [1.54, 1.807) is 25.1 Å². The third kappa shape index (κ3) is 8.38. The van der Waals surface area contributed by atoms with Gasteiger partial charge in [0.1, 0.15) is 64.3 Å². The van der Waals surface area contributed by atoms with Crippen molar-refractivity contribution < 1.29 is 49.3 Å². The lowest BCUT2D eigenvalue weighted by atomic mass is 9.61. The van der Waals surface area contributed by atoms with E-state index in [-0.39, 0.29) is 82.2 Å². The SMILES string of the molecule is CC=C(C(=O)OC1Cc2c3c(c4oc(CO)cc(=O)c4c2O)C2C4=CCNC(N)=C4C(CCc4ccc(O)cc4C2CO)C2CCC4=C5C=CC(C)NC5NC=C4CC2C1(C)O3)C1(O)CCC(c2cccc(C3(O)CCCC3)c2)C1. The predicted molar refractivity (Wildman–Crippen MR) is 301 cm³/mol. The molecule has 6 heterocycles. The number of nitrogens with two attached hydrogens (primary N) is 1. The third-order valence-corrected chi connectivity index (χ3v) is 20.4. The summed E-state index contributed by atoms with van der Waals surface area (Å²) in [5.74, 6) is -3.17. The largest absolute Gasteiger partial charge is 0.508 e. The van der Waals surface area contributed by atoms with E-state index in [2.05, 4.69) is 53.4 Å². The number of aryl methyl sites for hydroxylation is 1. The fraction of sp³-hybridized carbons (Fsp3) is 0.477. The molecule has 11 N–H and O–H groups in total. The molecule has 0 radical (unpaired) electrons. The first-order valence-electron chi connectivity index (χ1n) is 29.1. The standard InChI is InChI=1S/C65H74N4O11/c1-4-49(65(77)22-18-36(29-65)35-8-7-9-38(24-35)64(76)20-5-6-21-64)62(75)79-52-28-47-57(74)55-51(73)27-40(31-70)78-59(55)56-53-45-19-23-67-60(66)54(45)43(15-12-34-11-13-39(72)26-46(34)48(53)32-71)42-17-16-41-37(25-50(42)63(52,3)80-58(47)56)30-68-61-44(41)14-10-33(2)69-61/h4,7-11,13-14,19,24,26-27,30,33,36,42-43,48,50,52-53,61,67-72,74,76-77H,5-6,12,15-18,20-23,25,28-29,31-32,66H2,1-3H3. The molecule has 15 nitrogen and oxygen atoms in total. The highest BCUT2D eigenvalue weighted by atomic mass is 16.6. The Morgan fingerprint density at radius 1 is 1.00 bits per heavy atom. The zero-order valence-electron chi connectivity index (χ0n) is 45.8. The van der Waals surface area contributed by atoms with Crippen LogP contribution in [0.15, 0.2) is 128 Å². The molecule has 0 saturated heterocycles. The molecule has 1 aromatic heterocycles. The number of ether oxygens (including phenoxy) is 2. The average Bonchev–Trinajstić information content (AvgIpc) is 4.13. The number of esters is 1. The fourth-order valence-electron chi connectivity index (χ4n) is 16.4. The highest BCUT2D eigenvalue weighted by molar-refractivity contribution is 5.93. The number of carbonyl (C=O) groups excluding carboxylic acids is 1. The number of carbonyl (C=O) groups is 1. The van der Waals surface area contributed by atoms with Crippen LogP contribution in [0, 0.1) is 17.8 Å². The number of dihydropyridines is 2. The molecule has 3 saturated carbocycles. The Bertz CT molecular complexity index is 3490. The molecule has 9 aliphatic rings. The van der Waals surface area contributed by atoms with Crippen LogP contribution >= 0.6 is 0 Å². The fourth-order valence-corrected chi connectivity index (χ4v) is 16.4. The van der Waals surface area contributed by atoms with Gasteiger partial charge in [-0.05, 0) is 165 Å². The van der Waals surface area contributed by atoms with Crippen molar-refractivity contribution in [2.24, 2.45) is 23.5 Å². The Morgan fingerprint density at radius 3 is 2.61 bits per heavy atom. The topological polar surface area (TPSA) is 249 Å². The molecule has 13 rings (SSSR count). The quantitative estimate of drug-likeness (QED) is 0.0624. The maximum Gasteiger partial charge on any atom is 0.337 e. The van der Waals surface area contributed by atoms with Crippen LogP contribution in [0.4, 0.5) is 0 Å². The van der Waals surface area contributed by atoms with Gasteiger partial charge in [0, 0.05) is 60.2 Å². The lowest BCUT2D eigenvalue weighted by Crippen LogP contribution is -2.59. The number of fused-ring (bicyclic) bond motifs is 10. The molecule has 11 unspecified atom stereocenters. The van der Waals surface area contributed by atoms with Gasteiger partial charge < -0.3 is 60.9 Å². The van der Waals surface area contributed by atoms with Crippen LogP contribution < -0.4 is 31.8 Å². The van der Waals surface area contributed by atoms with Crippen LogP contribution in [0.1, 0.15) is 148 Å². The Kier molecular flexibility index (Phi) is 13.1. The van der Waals surface area contributed by atoms with E-state index >= 15 is 4.79 Å². The molecule has 80 heavy (non-hydrogen) atoms. The summed E-state index contributed by atoms with van der Waals surface area (Å²) in [5, 5.41) is 81.8. The maximum absolute atomic E-state index is 15.5. The number of benzene rings is 3. The summed E-state index contributed by atoms with van der Waals surface area (Å²) in [6, 6.07) is 14.7. The van der Waals surface area contributed by atoms with E-state index in [1.165, 1.54) is 5.57 Å². The summed E-state index contributed by atoms with van der Waals surface area (Å²) >= 11 is 0. The molecular formula is C65H74N4O11. The first kappa shape index (κ1) is 52.7. The first-order valence-corrected chi connectivity index (χ1v) is 29.1. The molecule has 4 bridgehead atoms. The molecule has 3 fully saturated rings. The second-order valence-electron chi connectivity index (χ2n) is 24.6. The number of rotatable bonds is 7. The van der Waals surface area contributed by atoms with Crippen molar-refractivity contribution in [2.45, 2.75) is 164 Å². The van der Waals surface area contributed by atoms with Gasteiger partial charge in [-0.2, -0.15) is 0 Å². The highest BCUT2D eigenvalue weighted by Crippen LogP contribution is 2.62. The van der Waals surface area contributed by atoms with Gasteiger partial charge in [-0.1, -0.05) is 67.5 Å². The minimum absolute atomic E-state index is 0.0176. The molecule has 15 heteroatoms. The van der Waals surface area contributed by atoms with Crippen LogP contribution in [0.5, 0.6) is 17.2 Å². The monoisotopic (exact) mass is 1090 g/mol. The van der Waals surface area contributed by atoms with Crippen molar-refractivity contribution >= 4 is 16.9 Å². The van der Waals surface area contributed by atoms with Gasteiger partial charge in [-0.25, -0.2) is 4.79 Å². The number of phenols is 2. The van der Waals surface area contributed by atoms with Crippen molar-refractivity contribution in [2.75, 3.05) is 13.2 Å². The molecule has 0 amide bonds. The molecular weight excluding hydrogens is 1010 g/mol. The number of aliphatic hydroxyl groups excluding tert-OH is 2. The van der Waals surface area contributed by atoms with Crippen LogP contribution in [-0.4, -0.2) is 79.3 Å². The first-order chi connectivity index (χ1) is 38.5. The summed E-state index contributed by atoms with van der Waals surface area (Å²) in [7, 11) is 0. The normalized spacial score (nSPS) is 32.2. The van der Waals surface area contributed by atoms with Gasteiger partial charge in [0.2, 0.25) is 0 Å². The van der Waals surface area contributed by atoms with E-state index < -0.39 is 71.0 Å². The minimum atomic E-state index is -1.56. The van der Waals surface area contributed by atoms with E-state index in [4.69, 9.17) is 19.6 Å². The van der Waals surface area contributed by atoms with Crippen LogP contribution in [0.2, 0.25) is 0 Å². The van der Waals surface area contributed by atoms with E-state index in [0.29, 0.717) is 81.3 Å². The Labute approximate surface area is 465 Å². The second kappa shape index (κ2) is 19.8. The summed E-state index contributed by atoms with van der Waals surface area (Å²) in [4.78, 5) is 30.1. The van der Waals surface area contributed by atoms with Gasteiger partial charge in [0.25, 0.3) is 0 Å². The van der Waals surface area contributed by atoms with E-state index in [0.717, 1.165) is 57.9 Å². The lowest BCUT2D eigenvalue weighted by Gasteiger charge is -2.52. The Hall–Kier alpha value is -6.62. The number of hydrogen-bond donors (Lipinski definition) is 10. The van der Waals surface area contributed by atoms with Crippen molar-refractivity contribution in [3.8, 4) is 17.2 Å². The number of phenolic OH excluding ortho intramolecular Hbond substituents is 2. The molecule has 0 spiro atoms. The summed E-state index contributed by atoms with van der Waals surface area (Å²) in [6.07, 6.45) is 16.4. The number of nitrogens with one attached hydrogen (secondary N) is 3. The molecule has 4 aromatic rings. The summed E-state index contributed by atoms with van der Waals surface area (Å²) in [6.45, 7) is 5.17. The van der Waals surface area contributed by atoms with Gasteiger partial charge >= 0.3 is 5.97 Å². The molecule has 420 valence electrons. The Morgan fingerprint density at radius 2 is 1.82 bits per heavy atom. The van der Waals surface area contributed by atoms with Crippen molar-refractivity contribution in [3.63, 3.8) is 0 Å². The van der Waals surface area contributed by atoms with Gasteiger partial charge in [0.05, 0.1) is 23.4 Å². The number of hydrogen-bond acceptors (Lipinski definition) is 15. The number of aromatic hydroxyl groups is 2. The minimum Gasteiger partial charge on any atom is -0.508 e. The van der Waals surface area contributed by atoms with Gasteiger partial charge in [-0.3, -0.25) is 10.1 Å². The van der Waals surface area contributed by atoms with Gasteiger partial charge in [0.15, 0.2) is 5.43 Å². The highest BCUT2D eigenvalue weighted by Gasteiger charge is 2.59. The third-order valence-electron chi connectivity index (χ3n) is 20.4. The van der Waals surface area contributed by atoms with Crippen LogP contribution in [0.25, 0.3) is 11.0 Å². The zero-order chi connectivity index (χ0) is 55.6. The summed E-state index contributed by atoms with van der Waals surface area (Å²) < 4.78 is 21.5. The zero-order valence-corrected chi connectivity index (χ0v) is 45.8. The molecule has 5 aliphatic heterocycles. The van der Waals surface area contributed by atoms with E-state index in [1.807, 2.05) is 31.2 Å². The summed E-state index contributed by atoms with van der Waals surface area (Å²) in [5.41, 5.74) is 12.2. The van der Waals surface area contributed by atoms with E-state index in [9.17, 15) is 35.4 Å². The number of aliphatic hydroxyl groups is 4. The van der Waals surface area contributed by atoms with Crippen molar-refractivity contribution in [1.29, 1.82) is 0 Å². The number of allylic oxidation sites excluding steroid dienone is 5. The second-order valence-corrected chi connectivity index (χ2v) is 24.6. The van der Waals surface area contributed by atoms with Crippen LogP contribution in [0.3, 0.4) is 0 Å².